The number of allylic oxidation sites excluding steroid dienone is 1. The predicted octanol–water partition coefficient (Wildman–Crippen LogP) is 13.6. The summed E-state index contributed by atoms with van der Waals surface area (Å²) in [6.45, 7) is 0. The van der Waals surface area contributed by atoms with Crippen LogP contribution in [0.1, 0.15) is 28.8 Å². The highest BCUT2D eigenvalue weighted by Crippen LogP contribution is 2.48. The van der Waals surface area contributed by atoms with Crippen LogP contribution in [-0.2, 0) is 6.42 Å². The quantitative estimate of drug-likeness (QED) is 0.178. The van der Waals surface area contributed by atoms with Gasteiger partial charge in [-0.25, -0.2) is 0 Å². The fourth-order valence-corrected chi connectivity index (χ4v) is 10.7. The summed E-state index contributed by atoms with van der Waals surface area (Å²) < 4.78 is 9.07. The van der Waals surface area contributed by atoms with Crippen molar-refractivity contribution in [2.24, 2.45) is 0 Å². The van der Waals surface area contributed by atoms with Crippen LogP contribution in [0.2, 0.25) is 0 Å². The zero-order valence-corrected chi connectivity index (χ0v) is 33.4. The lowest BCUT2D eigenvalue weighted by molar-refractivity contribution is 0.878. The summed E-state index contributed by atoms with van der Waals surface area (Å²) in [6.07, 6.45) is 6.11. The van der Waals surface area contributed by atoms with Crippen molar-refractivity contribution in [3.8, 4) is 34.9 Å². The van der Waals surface area contributed by atoms with Crippen molar-refractivity contribution in [2.45, 2.75) is 12.8 Å². The first-order valence-corrected chi connectivity index (χ1v) is 21.1. The van der Waals surface area contributed by atoms with E-state index in [1.54, 1.807) is 0 Å². The van der Waals surface area contributed by atoms with E-state index < -0.39 is 0 Å². The zero-order chi connectivity index (χ0) is 41.1. The molecule has 1 aliphatic rings. The molecule has 1 aliphatic carbocycles. The van der Waals surface area contributed by atoms with Crippen LogP contribution >= 0.6 is 0 Å². The van der Waals surface area contributed by atoms with Crippen molar-refractivity contribution >= 4 is 82.4 Å². The van der Waals surface area contributed by atoms with Gasteiger partial charge in [-0.1, -0.05) is 140 Å². The summed E-state index contributed by atoms with van der Waals surface area (Å²) in [5, 5.41) is 32.1. The first-order valence-electron chi connectivity index (χ1n) is 21.1. The van der Waals surface area contributed by atoms with Crippen LogP contribution in [0.25, 0.3) is 105 Å². The van der Waals surface area contributed by atoms with Gasteiger partial charge in [-0.3, -0.25) is 0 Å². The molecule has 13 rings (SSSR count). The van der Waals surface area contributed by atoms with Gasteiger partial charge >= 0.3 is 0 Å². The van der Waals surface area contributed by atoms with E-state index in [1.807, 2.05) is 0 Å². The Hall–Kier alpha value is -8.58. The molecule has 0 amide bonds. The zero-order valence-electron chi connectivity index (χ0n) is 33.4. The molecule has 6 nitrogen and oxygen atoms in total. The Morgan fingerprint density at radius 3 is 0.935 bits per heavy atom. The summed E-state index contributed by atoms with van der Waals surface area (Å²) in [4.78, 5) is 0. The van der Waals surface area contributed by atoms with Gasteiger partial charge in [0, 0.05) is 49.0 Å². The third-order valence-electron chi connectivity index (χ3n) is 13.1. The molecule has 0 unspecified atom stereocenters. The second-order valence-electron chi connectivity index (χ2n) is 16.1. The smallest absolute Gasteiger partial charge is 0.104 e. The van der Waals surface area contributed by atoms with E-state index in [0.717, 1.165) is 100 Å². The fourth-order valence-electron chi connectivity index (χ4n) is 10.7. The molecular weight excluding hydrogens is 757 g/mol. The molecule has 0 aliphatic heterocycles. The van der Waals surface area contributed by atoms with E-state index in [0.29, 0.717) is 33.9 Å². The van der Waals surface area contributed by atoms with Crippen LogP contribution in [0.3, 0.4) is 0 Å². The van der Waals surface area contributed by atoms with Crippen molar-refractivity contribution in [2.75, 3.05) is 0 Å². The Morgan fingerprint density at radius 1 is 0.339 bits per heavy atom. The Bertz CT molecular complexity index is 3860. The molecular formula is C56H34N6. The number of para-hydroxylation sites is 7. The monoisotopic (exact) mass is 790 g/mol. The number of nitriles is 2. The minimum Gasteiger partial charge on any atom is -0.310 e. The van der Waals surface area contributed by atoms with Crippen molar-refractivity contribution in [1.29, 1.82) is 10.5 Å². The van der Waals surface area contributed by atoms with Gasteiger partial charge in [-0.05, 0) is 55.3 Å². The molecule has 0 bridgehead atoms. The molecule has 0 N–H and O–H groups in total. The van der Waals surface area contributed by atoms with E-state index in [9.17, 15) is 10.5 Å². The summed E-state index contributed by atoms with van der Waals surface area (Å²) in [6, 6.07) is 64.8. The number of fused-ring (bicyclic) bond motifs is 12. The first kappa shape index (κ1) is 34.3. The van der Waals surface area contributed by atoms with E-state index in [2.05, 4.69) is 212 Å². The Balaban J connectivity index is 1.38. The van der Waals surface area contributed by atoms with Gasteiger partial charge in [0.25, 0.3) is 0 Å². The normalized spacial score (nSPS) is 12.6. The van der Waals surface area contributed by atoms with Crippen LogP contribution in [-0.4, -0.2) is 18.3 Å². The van der Waals surface area contributed by atoms with Gasteiger partial charge in [0.05, 0.1) is 61.4 Å². The van der Waals surface area contributed by atoms with Crippen LogP contribution in [0, 0.1) is 22.7 Å². The Kier molecular flexibility index (Phi) is 7.17. The minimum absolute atomic E-state index is 0.465. The number of hydrogen-bond acceptors (Lipinski definition) is 2. The second-order valence-corrected chi connectivity index (χ2v) is 16.1. The Labute approximate surface area is 355 Å². The van der Waals surface area contributed by atoms with Crippen LogP contribution in [0.4, 0.5) is 0 Å². The van der Waals surface area contributed by atoms with E-state index >= 15 is 0 Å². The minimum atomic E-state index is 0.465. The number of rotatable bonds is 4. The summed E-state index contributed by atoms with van der Waals surface area (Å²) in [5.41, 5.74) is 12.6. The standard InChI is InChI=1S/C56H34N6/c57-33-43-53(59-45-25-9-1-17-35(45)36-18-2-10-26-46(36)59)54(60-47-27-11-3-19-37(47)38-20-4-12-28-48(38)60)44(34-58)56(62-51-31-15-7-23-41(51)42-24-8-16-32-52(42)62)55(43)61-49-29-13-5-21-39(49)40-22-6-14-30-50(40)61/h1-15,17-31H,16,32H2. The molecule has 0 atom stereocenters. The number of benzene rings is 8. The largest absolute Gasteiger partial charge is 0.310 e. The third kappa shape index (κ3) is 4.45. The van der Waals surface area contributed by atoms with E-state index in [1.165, 1.54) is 0 Å². The number of nitrogens with zero attached hydrogens (tertiary/aromatic N) is 6. The van der Waals surface area contributed by atoms with E-state index in [4.69, 9.17) is 0 Å². The molecule has 0 spiro atoms. The van der Waals surface area contributed by atoms with Crippen LogP contribution in [0.15, 0.2) is 176 Å². The topological polar surface area (TPSA) is 67.3 Å². The molecule has 6 heteroatoms. The van der Waals surface area contributed by atoms with Crippen molar-refractivity contribution in [1.82, 2.24) is 18.3 Å². The molecule has 0 saturated heterocycles. The summed E-state index contributed by atoms with van der Waals surface area (Å²) >= 11 is 0. The van der Waals surface area contributed by atoms with Crippen molar-refractivity contribution in [3.63, 3.8) is 0 Å². The Morgan fingerprint density at radius 2 is 0.613 bits per heavy atom. The van der Waals surface area contributed by atoms with Gasteiger partial charge in [-0.15, -0.1) is 0 Å². The van der Waals surface area contributed by atoms with Crippen LogP contribution in [0.5, 0.6) is 0 Å². The highest BCUT2D eigenvalue weighted by atomic mass is 15.1. The molecule has 0 saturated carbocycles. The highest BCUT2D eigenvalue weighted by molar-refractivity contribution is 6.14. The average molecular weight is 791 g/mol. The maximum atomic E-state index is 12.3. The molecule has 62 heavy (non-hydrogen) atoms. The number of aromatic nitrogens is 4. The van der Waals surface area contributed by atoms with Crippen LogP contribution < -0.4 is 0 Å². The first-order chi connectivity index (χ1) is 30.8. The average Bonchev–Trinajstić information content (AvgIpc) is 4.06. The van der Waals surface area contributed by atoms with E-state index in [-0.39, 0.29) is 0 Å². The van der Waals surface area contributed by atoms with Gasteiger partial charge in [-0.2, -0.15) is 10.5 Å². The van der Waals surface area contributed by atoms with Gasteiger partial charge in [0.15, 0.2) is 0 Å². The fraction of sp³-hybridized carbons (Fsp3) is 0.0357. The van der Waals surface area contributed by atoms with Gasteiger partial charge < -0.3 is 18.3 Å². The molecule has 0 radical (unpaired) electrons. The number of hydrogen-bond donors (Lipinski definition) is 0. The maximum absolute atomic E-state index is 12.3. The SMILES string of the molecule is N#Cc1c(-n2c3c(c4ccccc42)C=CCC3)c(-n2c3ccccc3c3ccccc32)c(C#N)c(-n2c3ccccc3c3ccccc32)c1-n1c2ccccc2c2ccccc21. The molecule has 8 aromatic carbocycles. The van der Waals surface area contributed by atoms with Crippen molar-refractivity contribution in [3.05, 3.63) is 198 Å². The molecule has 12 aromatic rings. The maximum Gasteiger partial charge on any atom is 0.104 e. The lowest BCUT2D eigenvalue weighted by atomic mass is 9.98. The third-order valence-corrected chi connectivity index (χ3v) is 13.1. The summed E-state index contributed by atoms with van der Waals surface area (Å²) in [5.74, 6) is 0. The molecule has 4 heterocycles. The predicted molar refractivity (Wildman–Crippen MR) is 253 cm³/mol. The second kappa shape index (κ2) is 13.0. The van der Waals surface area contributed by atoms with Gasteiger partial charge in [0.2, 0.25) is 0 Å². The summed E-state index contributed by atoms with van der Waals surface area (Å²) in [7, 11) is 0. The molecule has 0 fully saturated rings. The lowest BCUT2D eigenvalue weighted by Gasteiger charge is -2.27. The highest BCUT2D eigenvalue weighted by Gasteiger charge is 2.35. The molecule has 288 valence electrons. The van der Waals surface area contributed by atoms with Gasteiger partial charge in [0.1, 0.15) is 23.3 Å². The van der Waals surface area contributed by atoms with Crippen molar-refractivity contribution < 1.29 is 0 Å². The molecule has 4 aromatic heterocycles. The lowest BCUT2D eigenvalue weighted by Crippen LogP contribution is -2.18.